The van der Waals surface area contributed by atoms with Gasteiger partial charge < -0.3 is 15.2 Å². The summed E-state index contributed by atoms with van der Waals surface area (Å²) >= 11 is 6.36. The van der Waals surface area contributed by atoms with E-state index in [1.165, 1.54) is 0 Å². The van der Waals surface area contributed by atoms with Crippen molar-refractivity contribution in [2.75, 3.05) is 18.9 Å². The smallest absolute Gasteiger partial charge is 0.165 e. The summed E-state index contributed by atoms with van der Waals surface area (Å²) in [7, 11) is 0. The molecule has 2 aromatic rings. The number of ether oxygens (including phenoxy) is 2. The largest absolute Gasteiger partial charge is 0.486 e. The monoisotopic (exact) mass is 265 g/mol. The second-order valence-electron chi connectivity index (χ2n) is 4.08. The molecule has 0 saturated heterocycles. The van der Waals surface area contributed by atoms with Gasteiger partial charge in [-0.15, -0.1) is 0 Å². The van der Waals surface area contributed by atoms with Gasteiger partial charge in [-0.2, -0.15) is 5.10 Å². The molecule has 0 saturated carbocycles. The molecule has 18 heavy (non-hydrogen) atoms. The number of nitrogen functional groups attached to an aromatic ring is 1. The molecule has 2 heterocycles. The molecular weight excluding hydrogens is 254 g/mol. The number of halogens is 1. The minimum absolute atomic E-state index is 0.480. The number of rotatable bonds is 1. The first-order valence-corrected chi connectivity index (χ1v) is 5.94. The number of benzene rings is 1. The van der Waals surface area contributed by atoms with Gasteiger partial charge in [0, 0.05) is 16.7 Å². The average Bonchev–Trinajstić information content (AvgIpc) is 2.80. The zero-order chi connectivity index (χ0) is 12.7. The predicted octanol–water partition coefficient (Wildman–Crippen LogP) is 2.39. The van der Waals surface area contributed by atoms with E-state index in [4.69, 9.17) is 26.8 Å². The third kappa shape index (κ3) is 1.59. The van der Waals surface area contributed by atoms with Gasteiger partial charge in [0.1, 0.15) is 19.0 Å². The number of nitrogens with two attached hydrogens (primary N) is 1. The Bertz CT molecular complexity index is 610. The van der Waals surface area contributed by atoms with Gasteiger partial charge in [0.2, 0.25) is 0 Å². The number of anilines is 1. The zero-order valence-electron chi connectivity index (χ0n) is 9.79. The van der Waals surface area contributed by atoms with E-state index in [9.17, 15) is 0 Å². The molecule has 1 aromatic heterocycles. The first-order valence-electron chi connectivity index (χ1n) is 5.56. The average molecular weight is 266 g/mol. The maximum atomic E-state index is 6.36. The van der Waals surface area contributed by atoms with Gasteiger partial charge in [0.25, 0.3) is 0 Å². The zero-order valence-corrected chi connectivity index (χ0v) is 10.5. The van der Waals surface area contributed by atoms with Crippen molar-refractivity contribution in [1.82, 2.24) is 10.2 Å². The molecule has 1 aliphatic rings. The van der Waals surface area contributed by atoms with E-state index in [-0.39, 0.29) is 0 Å². The highest BCUT2D eigenvalue weighted by atomic mass is 35.5. The normalized spacial score (nSPS) is 13.7. The Labute approximate surface area is 109 Å². The fourth-order valence-electron chi connectivity index (χ4n) is 2.04. The van der Waals surface area contributed by atoms with Crippen LogP contribution in [-0.2, 0) is 0 Å². The Hall–Kier alpha value is -1.88. The molecule has 0 radical (unpaired) electrons. The molecule has 1 aromatic carbocycles. The van der Waals surface area contributed by atoms with Crippen molar-refractivity contribution in [2.45, 2.75) is 6.92 Å². The molecule has 0 unspecified atom stereocenters. The van der Waals surface area contributed by atoms with E-state index in [1.807, 2.05) is 13.0 Å². The first-order chi connectivity index (χ1) is 8.68. The van der Waals surface area contributed by atoms with Gasteiger partial charge in [-0.25, -0.2) is 0 Å². The highest BCUT2D eigenvalue weighted by Crippen LogP contribution is 2.44. The lowest BCUT2D eigenvalue weighted by molar-refractivity contribution is 0.170. The van der Waals surface area contributed by atoms with Crippen LogP contribution in [0.4, 0.5) is 5.82 Å². The van der Waals surface area contributed by atoms with Crippen molar-refractivity contribution >= 4 is 17.4 Å². The molecule has 6 heteroatoms. The van der Waals surface area contributed by atoms with Crippen LogP contribution in [0.5, 0.6) is 11.5 Å². The Morgan fingerprint density at radius 3 is 2.83 bits per heavy atom. The van der Waals surface area contributed by atoms with E-state index in [0.29, 0.717) is 35.6 Å². The van der Waals surface area contributed by atoms with Crippen LogP contribution >= 0.6 is 11.6 Å². The van der Waals surface area contributed by atoms with Gasteiger partial charge in [0.05, 0.1) is 11.2 Å². The van der Waals surface area contributed by atoms with Crippen molar-refractivity contribution in [3.8, 4) is 22.6 Å². The number of hydrogen-bond acceptors (Lipinski definition) is 4. The summed E-state index contributed by atoms with van der Waals surface area (Å²) in [6, 6.07) is 1.84. The molecule has 0 bridgehead atoms. The molecule has 0 fully saturated rings. The van der Waals surface area contributed by atoms with Crippen molar-refractivity contribution in [2.24, 2.45) is 0 Å². The predicted molar refractivity (Wildman–Crippen MR) is 69.2 cm³/mol. The lowest BCUT2D eigenvalue weighted by Gasteiger charge is -2.22. The number of nitrogens with zero attached hydrogens (tertiary/aromatic N) is 1. The van der Waals surface area contributed by atoms with Gasteiger partial charge in [0.15, 0.2) is 11.5 Å². The van der Waals surface area contributed by atoms with Crippen LogP contribution in [0.3, 0.4) is 0 Å². The summed E-state index contributed by atoms with van der Waals surface area (Å²) in [5, 5.41) is 7.20. The summed E-state index contributed by atoms with van der Waals surface area (Å²) in [4.78, 5) is 0. The summed E-state index contributed by atoms with van der Waals surface area (Å²) in [5.41, 5.74) is 8.23. The lowest BCUT2D eigenvalue weighted by Crippen LogP contribution is -2.16. The number of aromatic amines is 1. The van der Waals surface area contributed by atoms with Crippen LogP contribution in [0, 0.1) is 6.92 Å². The maximum Gasteiger partial charge on any atom is 0.165 e. The summed E-state index contributed by atoms with van der Waals surface area (Å²) in [5.74, 6) is 1.88. The van der Waals surface area contributed by atoms with Crippen LogP contribution in [-0.4, -0.2) is 23.4 Å². The van der Waals surface area contributed by atoms with Gasteiger partial charge >= 0.3 is 0 Å². The van der Waals surface area contributed by atoms with Crippen LogP contribution in [0.25, 0.3) is 11.1 Å². The van der Waals surface area contributed by atoms with Gasteiger partial charge in [-0.3, -0.25) is 5.10 Å². The minimum Gasteiger partial charge on any atom is -0.486 e. The lowest BCUT2D eigenvalue weighted by atomic mass is 10.0. The van der Waals surface area contributed by atoms with Crippen LogP contribution in [0.2, 0.25) is 5.02 Å². The molecule has 3 N–H and O–H groups in total. The SMILES string of the molecule is Cc1c(Cl)c(-c2cn[nH]c2N)cc2c1OCCO2. The van der Waals surface area contributed by atoms with Crippen molar-refractivity contribution in [3.05, 3.63) is 22.8 Å². The second-order valence-corrected chi connectivity index (χ2v) is 4.46. The Kier molecular flexibility index (Phi) is 2.56. The van der Waals surface area contributed by atoms with Gasteiger partial charge in [-0.05, 0) is 13.0 Å². The van der Waals surface area contributed by atoms with Crippen molar-refractivity contribution in [3.63, 3.8) is 0 Å². The Balaban J connectivity index is 2.22. The number of fused-ring (bicyclic) bond motifs is 1. The number of nitrogens with one attached hydrogen (secondary N) is 1. The van der Waals surface area contributed by atoms with Crippen molar-refractivity contribution in [1.29, 1.82) is 0 Å². The molecule has 0 aliphatic carbocycles. The fraction of sp³-hybridized carbons (Fsp3) is 0.250. The summed E-state index contributed by atoms with van der Waals surface area (Å²) in [6.07, 6.45) is 1.64. The molecular formula is C12H12ClN3O2. The van der Waals surface area contributed by atoms with Crippen LogP contribution < -0.4 is 15.2 Å². The molecule has 0 atom stereocenters. The number of H-pyrrole nitrogens is 1. The molecule has 5 nitrogen and oxygen atoms in total. The minimum atomic E-state index is 0.480. The molecule has 3 rings (SSSR count). The standard InChI is InChI=1S/C12H12ClN3O2/c1-6-10(13)7(8-5-15-16-12(8)14)4-9-11(6)18-3-2-17-9/h4-5H,2-3H2,1H3,(H3,14,15,16). The fourth-order valence-corrected chi connectivity index (χ4v) is 2.28. The third-order valence-electron chi connectivity index (χ3n) is 2.95. The highest BCUT2D eigenvalue weighted by Gasteiger charge is 2.21. The van der Waals surface area contributed by atoms with Crippen molar-refractivity contribution < 1.29 is 9.47 Å². The molecule has 0 amide bonds. The molecule has 1 aliphatic heterocycles. The van der Waals surface area contributed by atoms with Gasteiger partial charge in [-0.1, -0.05) is 11.6 Å². The van der Waals surface area contributed by atoms with E-state index < -0.39 is 0 Å². The van der Waals surface area contributed by atoms with Crippen LogP contribution in [0.1, 0.15) is 5.56 Å². The second kappa shape index (κ2) is 4.10. The molecule has 94 valence electrons. The quantitative estimate of drug-likeness (QED) is 0.830. The van der Waals surface area contributed by atoms with E-state index in [0.717, 1.165) is 16.7 Å². The number of hydrogen-bond donors (Lipinski definition) is 2. The Morgan fingerprint density at radius 2 is 2.11 bits per heavy atom. The van der Waals surface area contributed by atoms with E-state index in [2.05, 4.69) is 10.2 Å². The van der Waals surface area contributed by atoms with E-state index >= 15 is 0 Å². The van der Waals surface area contributed by atoms with E-state index in [1.54, 1.807) is 6.20 Å². The topological polar surface area (TPSA) is 73.2 Å². The third-order valence-corrected chi connectivity index (χ3v) is 3.44. The van der Waals surface area contributed by atoms with Crippen LogP contribution in [0.15, 0.2) is 12.3 Å². The first kappa shape index (κ1) is 11.2. The summed E-state index contributed by atoms with van der Waals surface area (Å²) in [6.45, 7) is 2.97. The maximum absolute atomic E-state index is 6.36. The Morgan fingerprint density at radius 1 is 1.33 bits per heavy atom. The molecule has 0 spiro atoms. The highest BCUT2D eigenvalue weighted by molar-refractivity contribution is 6.34. The summed E-state index contributed by atoms with van der Waals surface area (Å²) < 4.78 is 11.2. The number of aromatic nitrogens is 2.